The molecule has 1 atom stereocenters. The molecule has 0 saturated heterocycles. The quantitative estimate of drug-likeness (QED) is 0.229. The van der Waals surface area contributed by atoms with E-state index in [2.05, 4.69) is 12.2 Å². The summed E-state index contributed by atoms with van der Waals surface area (Å²) < 4.78 is 27.1. The van der Waals surface area contributed by atoms with Gasteiger partial charge in [-0.1, -0.05) is 58.3 Å². The van der Waals surface area contributed by atoms with Crippen LogP contribution in [0.3, 0.4) is 0 Å². The van der Waals surface area contributed by atoms with E-state index < -0.39 is 26.4 Å². The molecule has 9 heteroatoms. The summed E-state index contributed by atoms with van der Waals surface area (Å²) in [6.07, 6.45) is 10.5. The zero-order chi connectivity index (χ0) is 21.3. The first-order valence-electron chi connectivity index (χ1n) is 10.4. The minimum absolute atomic E-state index is 0.0972. The molecule has 0 rings (SSSR count). The Hall–Kier alpha value is -0.950. The predicted molar refractivity (Wildman–Crippen MR) is 108 cm³/mol. The van der Waals surface area contributed by atoms with Crippen molar-refractivity contribution in [2.75, 3.05) is 19.8 Å². The normalized spacial score (nSPS) is 12.7. The van der Waals surface area contributed by atoms with E-state index in [1.165, 1.54) is 38.5 Å². The van der Waals surface area contributed by atoms with E-state index in [4.69, 9.17) is 13.6 Å². The molecule has 2 N–H and O–H groups in total. The second-order valence-corrected chi connectivity index (χ2v) is 8.28. The first-order valence-corrected chi connectivity index (χ1v) is 11.9. The summed E-state index contributed by atoms with van der Waals surface area (Å²) in [4.78, 5) is 23.3. The monoisotopic (exact) mass is 423 g/mol. The maximum atomic E-state index is 12.2. The number of nitrogens with one attached hydrogen (secondary N) is 1. The van der Waals surface area contributed by atoms with Crippen LogP contribution in [0.5, 0.6) is 0 Å². The van der Waals surface area contributed by atoms with Crippen LogP contribution in [0.15, 0.2) is 0 Å². The van der Waals surface area contributed by atoms with Gasteiger partial charge < -0.3 is 10.4 Å². The van der Waals surface area contributed by atoms with Gasteiger partial charge in [0.15, 0.2) is 6.04 Å². The number of phosphoric acid groups is 1. The molecule has 0 saturated carbocycles. The molecule has 0 radical (unpaired) electrons. The second-order valence-electron chi connectivity index (χ2n) is 6.62. The zero-order valence-electron chi connectivity index (χ0n) is 17.6. The van der Waals surface area contributed by atoms with Gasteiger partial charge in [-0.15, -0.1) is 0 Å². The smallest absolute Gasteiger partial charge is 0.474 e. The standard InChI is InChI=1S/C19H38NO7P/c1-4-7-8-9-10-11-12-13-14-15-18(21)20-17(19(22)23)16-27-28(24,25-5-2)26-6-3/h17H,4-16H2,1-3H3,(H,20,21)(H,22,23). The van der Waals surface area contributed by atoms with Crippen molar-refractivity contribution in [2.45, 2.75) is 91.0 Å². The van der Waals surface area contributed by atoms with Crippen LogP contribution in [0.2, 0.25) is 0 Å². The molecule has 0 aromatic carbocycles. The molecule has 166 valence electrons. The Kier molecular flexibility index (Phi) is 16.4. The third kappa shape index (κ3) is 14.1. The fourth-order valence-electron chi connectivity index (χ4n) is 2.63. The van der Waals surface area contributed by atoms with Crippen molar-refractivity contribution in [3.63, 3.8) is 0 Å². The summed E-state index contributed by atoms with van der Waals surface area (Å²) >= 11 is 0. The van der Waals surface area contributed by atoms with Gasteiger partial charge in [0.25, 0.3) is 0 Å². The Bertz CT molecular complexity index is 463. The number of rotatable bonds is 19. The van der Waals surface area contributed by atoms with E-state index in [1.807, 2.05) is 0 Å². The van der Waals surface area contributed by atoms with Crippen LogP contribution in [-0.4, -0.2) is 42.8 Å². The molecule has 0 aliphatic rings. The first-order chi connectivity index (χ1) is 13.4. The lowest BCUT2D eigenvalue weighted by molar-refractivity contribution is -0.142. The zero-order valence-corrected chi connectivity index (χ0v) is 18.5. The van der Waals surface area contributed by atoms with Gasteiger partial charge in [0.05, 0.1) is 19.8 Å². The van der Waals surface area contributed by atoms with Crippen molar-refractivity contribution in [3.8, 4) is 0 Å². The molecule has 0 aliphatic heterocycles. The van der Waals surface area contributed by atoms with Crippen molar-refractivity contribution >= 4 is 19.7 Å². The molecule has 1 unspecified atom stereocenters. The van der Waals surface area contributed by atoms with Crippen LogP contribution in [-0.2, 0) is 27.7 Å². The number of carbonyl (C=O) groups is 2. The highest BCUT2D eigenvalue weighted by atomic mass is 31.2. The van der Waals surface area contributed by atoms with Gasteiger partial charge in [-0.3, -0.25) is 18.4 Å². The van der Waals surface area contributed by atoms with E-state index in [0.29, 0.717) is 6.42 Å². The SMILES string of the molecule is CCCCCCCCCCCC(=O)NC(COP(=O)(OCC)OCC)C(=O)O. The Morgan fingerprint density at radius 1 is 0.857 bits per heavy atom. The van der Waals surface area contributed by atoms with E-state index in [1.54, 1.807) is 13.8 Å². The van der Waals surface area contributed by atoms with E-state index >= 15 is 0 Å². The highest BCUT2D eigenvalue weighted by Crippen LogP contribution is 2.49. The number of hydrogen-bond donors (Lipinski definition) is 2. The van der Waals surface area contributed by atoms with Crippen molar-refractivity contribution in [3.05, 3.63) is 0 Å². The summed E-state index contributed by atoms with van der Waals surface area (Å²) in [7, 11) is -3.82. The van der Waals surface area contributed by atoms with Crippen LogP contribution < -0.4 is 5.32 Å². The average molecular weight is 423 g/mol. The Labute approximate surface area is 169 Å². The molecule has 0 spiro atoms. The van der Waals surface area contributed by atoms with Crippen molar-refractivity contribution in [1.29, 1.82) is 0 Å². The summed E-state index contributed by atoms with van der Waals surface area (Å²) in [5.74, 6) is -1.62. The van der Waals surface area contributed by atoms with E-state index in [-0.39, 0.29) is 25.5 Å². The van der Waals surface area contributed by atoms with Gasteiger partial charge >= 0.3 is 13.8 Å². The van der Waals surface area contributed by atoms with Crippen LogP contribution in [0.1, 0.15) is 85.0 Å². The number of amides is 1. The van der Waals surface area contributed by atoms with E-state index in [0.717, 1.165) is 12.8 Å². The Morgan fingerprint density at radius 3 is 1.82 bits per heavy atom. The molecule has 0 aliphatic carbocycles. The maximum absolute atomic E-state index is 12.2. The number of phosphoric ester groups is 1. The summed E-state index contributed by atoms with van der Waals surface area (Å²) in [6.45, 7) is 5.14. The molecule has 0 heterocycles. The largest absolute Gasteiger partial charge is 0.480 e. The van der Waals surface area contributed by atoms with Gasteiger partial charge in [-0.2, -0.15) is 0 Å². The molecule has 0 aromatic heterocycles. The fraction of sp³-hybridized carbons (Fsp3) is 0.895. The molecule has 28 heavy (non-hydrogen) atoms. The number of carboxylic acid groups (broad SMARTS) is 1. The lowest BCUT2D eigenvalue weighted by Gasteiger charge is -2.19. The second kappa shape index (κ2) is 17.0. The number of carboxylic acids is 1. The number of aliphatic carboxylic acids is 1. The van der Waals surface area contributed by atoms with Crippen LogP contribution in [0.4, 0.5) is 0 Å². The van der Waals surface area contributed by atoms with Crippen molar-refractivity contribution in [2.24, 2.45) is 0 Å². The minimum atomic E-state index is -3.82. The number of unbranched alkanes of at least 4 members (excludes halogenated alkanes) is 8. The van der Waals surface area contributed by atoms with Gasteiger partial charge in [0.2, 0.25) is 5.91 Å². The molecular weight excluding hydrogens is 385 g/mol. The van der Waals surface area contributed by atoms with Crippen LogP contribution in [0.25, 0.3) is 0 Å². The third-order valence-electron chi connectivity index (χ3n) is 4.11. The maximum Gasteiger partial charge on any atom is 0.474 e. The summed E-state index contributed by atoms with van der Waals surface area (Å²) in [6, 6.07) is -1.31. The van der Waals surface area contributed by atoms with Crippen LogP contribution >= 0.6 is 7.82 Å². The van der Waals surface area contributed by atoms with Crippen LogP contribution in [0, 0.1) is 0 Å². The van der Waals surface area contributed by atoms with Crippen molar-refractivity contribution < 1.29 is 32.8 Å². The van der Waals surface area contributed by atoms with Gasteiger partial charge in [-0.25, -0.2) is 9.36 Å². The number of hydrogen-bond acceptors (Lipinski definition) is 6. The lowest BCUT2D eigenvalue weighted by atomic mass is 10.1. The van der Waals surface area contributed by atoms with Gasteiger partial charge in [0.1, 0.15) is 0 Å². The number of carbonyl (C=O) groups excluding carboxylic acids is 1. The molecule has 0 bridgehead atoms. The minimum Gasteiger partial charge on any atom is -0.480 e. The molecule has 1 amide bonds. The molecule has 8 nitrogen and oxygen atoms in total. The first kappa shape index (κ1) is 27.0. The van der Waals surface area contributed by atoms with Crippen molar-refractivity contribution in [1.82, 2.24) is 5.32 Å². The van der Waals surface area contributed by atoms with Gasteiger partial charge in [-0.05, 0) is 20.3 Å². The highest BCUT2D eigenvalue weighted by molar-refractivity contribution is 7.48. The molecule has 0 aromatic rings. The predicted octanol–water partition coefficient (Wildman–Crippen LogP) is 4.67. The lowest BCUT2D eigenvalue weighted by Crippen LogP contribution is -2.43. The summed E-state index contributed by atoms with van der Waals surface area (Å²) in [5, 5.41) is 11.6. The van der Waals surface area contributed by atoms with E-state index in [9.17, 15) is 19.3 Å². The van der Waals surface area contributed by atoms with Gasteiger partial charge in [0, 0.05) is 6.42 Å². The molecular formula is C19H38NO7P. The average Bonchev–Trinajstić information content (AvgIpc) is 2.64. The fourth-order valence-corrected chi connectivity index (χ4v) is 3.82. The topological polar surface area (TPSA) is 111 Å². The highest BCUT2D eigenvalue weighted by Gasteiger charge is 2.29. The Morgan fingerprint density at radius 2 is 1.36 bits per heavy atom. The summed E-state index contributed by atoms with van der Waals surface area (Å²) in [5.41, 5.74) is 0. The molecule has 0 fully saturated rings. The third-order valence-corrected chi connectivity index (χ3v) is 5.73. The Balaban J connectivity index is 4.10.